The zero-order valence-electron chi connectivity index (χ0n) is 11.9. The second-order valence-electron chi connectivity index (χ2n) is 5.00. The van der Waals surface area contributed by atoms with Gasteiger partial charge in [-0.1, -0.05) is 6.92 Å². The Morgan fingerprint density at radius 3 is 2.81 bits per heavy atom. The number of anilines is 1. The van der Waals surface area contributed by atoms with E-state index in [0.29, 0.717) is 16.8 Å². The van der Waals surface area contributed by atoms with Gasteiger partial charge in [-0.3, -0.25) is 0 Å². The molecule has 1 fully saturated rings. The number of sulfonamides is 1. The molecule has 0 unspecified atom stereocenters. The Balaban J connectivity index is 2.39. The van der Waals surface area contributed by atoms with E-state index in [0.717, 1.165) is 19.3 Å². The molecule has 2 N–H and O–H groups in total. The molecule has 1 saturated carbocycles. The molecule has 0 aromatic carbocycles. The number of rotatable bonds is 8. The van der Waals surface area contributed by atoms with E-state index < -0.39 is 10.0 Å². The highest BCUT2D eigenvalue weighted by Gasteiger charge is 2.39. The molecule has 0 radical (unpaired) electrons. The topological polar surface area (TPSA) is 82.5 Å². The third-order valence-electron chi connectivity index (χ3n) is 3.22. The Bertz CT molecular complexity index is 590. The third-order valence-corrected chi connectivity index (χ3v) is 5.62. The summed E-state index contributed by atoms with van der Waals surface area (Å²) < 4.78 is 27.7. The Labute approximate surface area is 133 Å². The predicted molar refractivity (Wildman–Crippen MR) is 84.7 cm³/mol. The van der Waals surface area contributed by atoms with Crippen LogP contribution >= 0.6 is 15.9 Å². The van der Waals surface area contributed by atoms with Crippen LogP contribution in [0.4, 0.5) is 5.82 Å². The van der Waals surface area contributed by atoms with Gasteiger partial charge in [0.15, 0.2) is 0 Å². The lowest BCUT2D eigenvalue weighted by molar-refractivity contribution is 0.250. The molecule has 1 aliphatic rings. The van der Waals surface area contributed by atoms with Gasteiger partial charge in [0.05, 0.1) is 6.61 Å². The fourth-order valence-electron chi connectivity index (χ4n) is 2.08. The first-order valence-corrected chi connectivity index (χ1v) is 9.26. The standard InChI is InChI=1S/C13H20BrN3O3S/c1-2-5-15-13-12(8-10(14)9-16-13)21(19,20)17(6-7-18)11-3-4-11/h8-9,11,18H,2-7H2,1H3,(H,15,16). The van der Waals surface area contributed by atoms with E-state index in [2.05, 4.69) is 26.2 Å². The molecule has 2 rings (SSSR count). The van der Waals surface area contributed by atoms with Crippen molar-refractivity contribution < 1.29 is 13.5 Å². The molecule has 1 aromatic heterocycles. The molecular formula is C13H20BrN3O3S. The fourth-order valence-corrected chi connectivity index (χ4v) is 4.39. The summed E-state index contributed by atoms with van der Waals surface area (Å²) >= 11 is 3.28. The lowest BCUT2D eigenvalue weighted by Gasteiger charge is -2.22. The van der Waals surface area contributed by atoms with E-state index in [4.69, 9.17) is 5.11 Å². The van der Waals surface area contributed by atoms with E-state index in [1.807, 2.05) is 6.92 Å². The summed E-state index contributed by atoms with van der Waals surface area (Å²) in [4.78, 5) is 4.34. The van der Waals surface area contributed by atoms with Crippen LogP contribution in [0.2, 0.25) is 0 Å². The molecule has 0 atom stereocenters. The number of nitrogens with zero attached hydrogens (tertiary/aromatic N) is 2. The van der Waals surface area contributed by atoms with Crippen LogP contribution in [0.1, 0.15) is 26.2 Å². The normalized spacial score (nSPS) is 15.4. The zero-order valence-corrected chi connectivity index (χ0v) is 14.3. The minimum atomic E-state index is -3.67. The molecule has 118 valence electrons. The molecule has 0 aliphatic heterocycles. The van der Waals surface area contributed by atoms with Gasteiger partial charge in [0, 0.05) is 29.8 Å². The number of aromatic nitrogens is 1. The molecule has 0 amide bonds. The van der Waals surface area contributed by atoms with Crippen LogP contribution in [-0.2, 0) is 10.0 Å². The maximum atomic E-state index is 12.9. The number of halogens is 1. The molecule has 0 spiro atoms. The van der Waals surface area contributed by atoms with Crippen LogP contribution in [0.3, 0.4) is 0 Å². The van der Waals surface area contributed by atoms with E-state index in [9.17, 15) is 8.42 Å². The first-order valence-electron chi connectivity index (χ1n) is 7.02. The van der Waals surface area contributed by atoms with Gasteiger partial charge in [-0.2, -0.15) is 4.31 Å². The van der Waals surface area contributed by atoms with E-state index in [-0.39, 0.29) is 24.1 Å². The smallest absolute Gasteiger partial charge is 0.247 e. The lowest BCUT2D eigenvalue weighted by Crippen LogP contribution is -2.36. The SMILES string of the molecule is CCCNc1ncc(Br)cc1S(=O)(=O)N(CCO)C1CC1. The van der Waals surface area contributed by atoms with Crippen LogP contribution < -0.4 is 5.32 Å². The third kappa shape index (κ3) is 3.94. The molecule has 0 saturated heterocycles. The predicted octanol–water partition coefficient (Wildman–Crippen LogP) is 1.81. The van der Waals surface area contributed by atoms with E-state index in [1.165, 1.54) is 4.31 Å². The monoisotopic (exact) mass is 377 g/mol. The van der Waals surface area contributed by atoms with Crippen LogP contribution in [0.25, 0.3) is 0 Å². The van der Waals surface area contributed by atoms with Crippen molar-refractivity contribution in [1.82, 2.24) is 9.29 Å². The summed E-state index contributed by atoms with van der Waals surface area (Å²) in [5, 5.41) is 12.2. The molecule has 0 bridgehead atoms. The fraction of sp³-hybridized carbons (Fsp3) is 0.615. The molecule has 1 aromatic rings. The van der Waals surface area contributed by atoms with Crippen LogP contribution in [0.5, 0.6) is 0 Å². The van der Waals surface area contributed by atoms with Crippen LogP contribution in [0, 0.1) is 0 Å². The van der Waals surface area contributed by atoms with Crippen molar-refractivity contribution in [1.29, 1.82) is 0 Å². The summed E-state index contributed by atoms with van der Waals surface area (Å²) in [6.45, 7) is 2.59. The Kier molecular flexibility index (Phi) is 5.59. The molecule has 8 heteroatoms. The summed E-state index contributed by atoms with van der Waals surface area (Å²) in [7, 11) is -3.67. The highest BCUT2D eigenvalue weighted by molar-refractivity contribution is 9.10. The van der Waals surface area contributed by atoms with E-state index >= 15 is 0 Å². The largest absolute Gasteiger partial charge is 0.395 e. The average molecular weight is 378 g/mol. The highest BCUT2D eigenvalue weighted by atomic mass is 79.9. The van der Waals surface area contributed by atoms with Gasteiger partial charge in [0.2, 0.25) is 10.0 Å². The van der Waals surface area contributed by atoms with E-state index in [1.54, 1.807) is 12.3 Å². The van der Waals surface area contributed by atoms with Crippen molar-refractivity contribution in [3.8, 4) is 0 Å². The van der Waals surface area contributed by atoms with Gasteiger partial charge in [-0.25, -0.2) is 13.4 Å². The summed E-state index contributed by atoms with van der Waals surface area (Å²) in [5.41, 5.74) is 0. The maximum absolute atomic E-state index is 12.9. The second-order valence-corrected chi connectivity index (χ2v) is 7.77. The van der Waals surface area contributed by atoms with Crippen LogP contribution in [-0.4, -0.2) is 48.6 Å². The summed E-state index contributed by atoms with van der Waals surface area (Å²) in [5.74, 6) is 0.364. The van der Waals surface area contributed by atoms with Gasteiger partial charge >= 0.3 is 0 Å². The van der Waals surface area contributed by atoms with Gasteiger partial charge in [-0.15, -0.1) is 0 Å². The molecule has 21 heavy (non-hydrogen) atoms. The molecule has 1 heterocycles. The zero-order chi connectivity index (χ0) is 15.5. The maximum Gasteiger partial charge on any atom is 0.247 e. The Hall–Kier alpha value is -0.700. The first kappa shape index (κ1) is 16.7. The minimum Gasteiger partial charge on any atom is -0.395 e. The highest BCUT2D eigenvalue weighted by Crippen LogP contribution is 2.34. The van der Waals surface area contributed by atoms with Gasteiger partial charge in [0.25, 0.3) is 0 Å². The quantitative estimate of drug-likeness (QED) is 0.721. The number of aliphatic hydroxyl groups excluding tert-OH is 1. The lowest BCUT2D eigenvalue weighted by atomic mass is 10.4. The second kappa shape index (κ2) is 7.04. The van der Waals surface area contributed by atoms with Crippen molar-refractivity contribution in [2.24, 2.45) is 0 Å². The Morgan fingerprint density at radius 1 is 1.52 bits per heavy atom. The van der Waals surface area contributed by atoms with Crippen molar-refractivity contribution in [3.63, 3.8) is 0 Å². The van der Waals surface area contributed by atoms with Crippen molar-refractivity contribution in [2.45, 2.75) is 37.1 Å². The minimum absolute atomic E-state index is 0.000145. The summed E-state index contributed by atoms with van der Waals surface area (Å²) in [6.07, 6.45) is 4.14. The Morgan fingerprint density at radius 2 is 2.24 bits per heavy atom. The summed E-state index contributed by atoms with van der Waals surface area (Å²) in [6, 6.07) is 1.56. The first-order chi connectivity index (χ1) is 10.0. The van der Waals surface area contributed by atoms with Gasteiger partial charge in [-0.05, 0) is 41.3 Å². The van der Waals surface area contributed by atoms with Crippen molar-refractivity contribution >= 4 is 31.8 Å². The van der Waals surface area contributed by atoms with Crippen molar-refractivity contribution in [2.75, 3.05) is 25.0 Å². The number of pyridine rings is 1. The molecule has 6 nitrogen and oxygen atoms in total. The van der Waals surface area contributed by atoms with Crippen molar-refractivity contribution in [3.05, 3.63) is 16.7 Å². The number of hydrogen-bond acceptors (Lipinski definition) is 5. The number of hydrogen-bond donors (Lipinski definition) is 2. The number of nitrogens with one attached hydrogen (secondary N) is 1. The molecular weight excluding hydrogens is 358 g/mol. The van der Waals surface area contributed by atoms with Gasteiger partial charge < -0.3 is 10.4 Å². The molecule has 1 aliphatic carbocycles. The average Bonchev–Trinajstić information content (AvgIpc) is 3.27. The van der Waals surface area contributed by atoms with Crippen LogP contribution in [0.15, 0.2) is 21.6 Å². The van der Waals surface area contributed by atoms with Gasteiger partial charge in [0.1, 0.15) is 10.7 Å². The number of aliphatic hydroxyl groups is 1.